The summed E-state index contributed by atoms with van der Waals surface area (Å²) >= 11 is 5.73. The predicted molar refractivity (Wildman–Crippen MR) is 87.5 cm³/mol. The molecule has 1 saturated carbocycles. The maximum absolute atomic E-state index is 5.73. The predicted octanol–water partition coefficient (Wildman–Crippen LogP) is 5.48. The van der Waals surface area contributed by atoms with Gasteiger partial charge < -0.3 is 0 Å². The first kappa shape index (κ1) is 14.5. The van der Waals surface area contributed by atoms with Crippen molar-refractivity contribution in [1.29, 1.82) is 0 Å². The minimum Gasteiger partial charge on any atom is -0.226 e. The molecule has 1 fully saturated rings. The molecule has 1 aromatic heterocycles. The maximum atomic E-state index is 5.73. The largest absolute Gasteiger partial charge is 0.226 e. The molecule has 2 aromatic rings. The topological polar surface area (TPSA) is 25.8 Å². The van der Waals surface area contributed by atoms with Crippen molar-refractivity contribution in [2.45, 2.75) is 44.9 Å². The Morgan fingerprint density at radius 1 is 0.952 bits per heavy atom. The Morgan fingerprint density at radius 3 is 2.14 bits per heavy atom. The van der Waals surface area contributed by atoms with Gasteiger partial charge in [0.1, 0.15) is 0 Å². The second-order valence-corrected chi connectivity index (χ2v) is 6.33. The van der Waals surface area contributed by atoms with Gasteiger partial charge in [-0.3, -0.25) is 0 Å². The number of nitrogens with zero attached hydrogens (tertiary/aromatic N) is 2. The molecule has 0 radical (unpaired) electrons. The molecular weight excluding hydrogens is 280 g/mol. The fourth-order valence-corrected chi connectivity index (χ4v) is 3.41. The number of benzene rings is 1. The third-order valence-electron chi connectivity index (χ3n) is 4.76. The van der Waals surface area contributed by atoms with Crippen LogP contribution in [0.3, 0.4) is 0 Å². The number of aromatic nitrogens is 2. The van der Waals surface area contributed by atoms with Crippen LogP contribution in [0, 0.1) is 5.92 Å². The Kier molecular flexibility index (Phi) is 4.54. The highest BCUT2D eigenvalue weighted by Gasteiger charge is 2.21. The zero-order chi connectivity index (χ0) is 14.7. The van der Waals surface area contributed by atoms with Crippen LogP contribution in [0.2, 0.25) is 5.28 Å². The summed E-state index contributed by atoms with van der Waals surface area (Å²) in [5.74, 6) is 1.69. The van der Waals surface area contributed by atoms with Gasteiger partial charge in [0.2, 0.25) is 5.28 Å². The molecule has 1 aliphatic carbocycles. The van der Waals surface area contributed by atoms with Crippen LogP contribution < -0.4 is 0 Å². The first-order valence-corrected chi connectivity index (χ1v) is 8.22. The SMILES string of the molecule is CC[C@H]1CC[C@H](c2ccc(-c3cnc(Cl)nc3)cc2)CC1. The molecule has 0 amide bonds. The lowest BCUT2D eigenvalue weighted by Crippen LogP contribution is -2.12. The van der Waals surface area contributed by atoms with E-state index in [1.165, 1.54) is 37.7 Å². The zero-order valence-electron chi connectivity index (χ0n) is 12.4. The van der Waals surface area contributed by atoms with Gasteiger partial charge in [-0.05, 0) is 60.2 Å². The molecule has 21 heavy (non-hydrogen) atoms. The quantitative estimate of drug-likeness (QED) is 0.701. The van der Waals surface area contributed by atoms with Crippen molar-refractivity contribution < 1.29 is 0 Å². The van der Waals surface area contributed by atoms with E-state index in [1.807, 2.05) is 0 Å². The molecule has 0 atom stereocenters. The van der Waals surface area contributed by atoms with Crippen LogP contribution in [0.25, 0.3) is 11.1 Å². The summed E-state index contributed by atoms with van der Waals surface area (Å²) in [7, 11) is 0. The number of hydrogen-bond donors (Lipinski definition) is 0. The molecule has 0 saturated heterocycles. The average molecular weight is 301 g/mol. The zero-order valence-corrected chi connectivity index (χ0v) is 13.2. The summed E-state index contributed by atoms with van der Waals surface area (Å²) in [5.41, 5.74) is 3.64. The summed E-state index contributed by atoms with van der Waals surface area (Å²) in [6.45, 7) is 2.31. The van der Waals surface area contributed by atoms with Gasteiger partial charge in [0, 0.05) is 18.0 Å². The van der Waals surface area contributed by atoms with Crippen LogP contribution in [0.4, 0.5) is 0 Å². The van der Waals surface area contributed by atoms with E-state index in [-0.39, 0.29) is 0 Å². The van der Waals surface area contributed by atoms with E-state index in [1.54, 1.807) is 12.4 Å². The van der Waals surface area contributed by atoms with Gasteiger partial charge >= 0.3 is 0 Å². The average Bonchev–Trinajstić information content (AvgIpc) is 2.56. The third-order valence-corrected chi connectivity index (χ3v) is 4.96. The molecule has 1 aliphatic rings. The highest BCUT2D eigenvalue weighted by molar-refractivity contribution is 6.28. The van der Waals surface area contributed by atoms with E-state index in [9.17, 15) is 0 Å². The molecule has 3 rings (SSSR count). The van der Waals surface area contributed by atoms with Crippen molar-refractivity contribution in [3.8, 4) is 11.1 Å². The minimum atomic E-state index is 0.294. The molecule has 0 spiro atoms. The Morgan fingerprint density at radius 2 is 1.57 bits per heavy atom. The molecule has 1 heterocycles. The van der Waals surface area contributed by atoms with Gasteiger partial charge in [-0.15, -0.1) is 0 Å². The summed E-state index contributed by atoms with van der Waals surface area (Å²) < 4.78 is 0. The normalized spacial score (nSPS) is 22.2. The summed E-state index contributed by atoms with van der Waals surface area (Å²) in [4.78, 5) is 8.08. The lowest BCUT2D eigenvalue weighted by molar-refractivity contribution is 0.319. The minimum absolute atomic E-state index is 0.294. The van der Waals surface area contributed by atoms with Crippen molar-refractivity contribution in [1.82, 2.24) is 9.97 Å². The monoisotopic (exact) mass is 300 g/mol. The van der Waals surface area contributed by atoms with Crippen molar-refractivity contribution in [2.24, 2.45) is 5.92 Å². The Balaban J connectivity index is 1.71. The highest BCUT2D eigenvalue weighted by atomic mass is 35.5. The summed E-state index contributed by atoms with van der Waals surface area (Å²) in [6.07, 6.45) is 10.3. The Bertz CT molecular complexity index is 569. The van der Waals surface area contributed by atoms with Gasteiger partial charge in [0.15, 0.2) is 0 Å². The molecule has 0 aliphatic heterocycles. The summed E-state index contributed by atoms with van der Waals surface area (Å²) in [5, 5.41) is 0.294. The number of rotatable bonds is 3. The van der Waals surface area contributed by atoms with E-state index in [4.69, 9.17) is 11.6 Å². The molecule has 0 bridgehead atoms. The van der Waals surface area contributed by atoms with Crippen molar-refractivity contribution in [2.75, 3.05) is 0 Å². The Labute approximate surface area is 131 Å². The van der Waals surface area contributed by atoms with Crippen LogP contribution in [0.5, 0.6) is 0 Å². The lowest BCUT2D eigenvalue weighted by atomic mass is 9.78. The first-order valence-electron chi connectivity index (χ1n) is 7.84. The lowest BCUT2D eigenvalue weighted by Gasteiger charge is -2.28. The van der Waals surface area contributed by atoms with Crippen LogP contribution in [-0.4, -0.2) is 9.97 Å². The fourth-order valence-electron chi connectivity index (χ4n) is 3.31. The molecule has 110 valence electrons. The van der Waals surface area contributed by atoms with E-state index in [0.29, 0.717) is 5.28 Å². The van der Waals surface area contributed by atoms with Crippen molar-refractivity contribution in [3.05, 3.63) is 47.5 Å². The second-order valence-electron chi connectivity index (χ2n) is 5.99. The van der Waals surface area contributed by atoms with E-state index in [2.05, 4.69) is 41.2 Å². The van der Waals surface area contributed by atoms with Crippen LogP contribution in [0.1, 0.15) is 50.5 Å². The van der Waals surface area contributed by atoms with Gasteiger partial charge in [-0.25, -0.2) is 9.97 Å². The highest BCUT2D eigenvalue weighted by Crippen LogP contribution is 2.37. The number of hydrogen-bond acceptors (Lipinski definition) is 2. The standard InChI is InChI=1S/C18H21ClN2/c1-2-13-3-5-14(6-4-13)15-7-9-16(10-8-15)17-11-20-18(19)21-12-17/h7-14H,2-6H2,1H3/t13-,14-. The van der Waals surface area contributed by atoms with Gasteiger partial charge in [0.25, 0.3) is 0 Å². The van der Waals surface area contributed by atoms with Crippen molar-refractivity contribution >= 4 is 11.6 Å². The molecule has 3 heteroatoms. The van der Waals surface area contributed by atoms with Gasteiger partial charge in [-0.2, -0.15) is 0 Å². The van der Waals surface area contributed by atoms with Crippen LogP contribution in [-0.2, 0) is 0 Å². The van der Waals surface area contributed by atoms with Gasteiger partial charge in [0.05, 0.1) is 0 Å². The first-order chi connectivity index (χ1) is 10.3. The Hall–Kier alpha value is -1.41. The smallest absolute Gasteiger partial charge is 0.222 e. The molecular formula is C18H21ClN2. The van der Waals surface area contributed by atoms with E-state index < -0.39 is 0 Å². The maximum Gasteiger partial charge on any atom is 0.222 e. The third kappa shape index (κ3) is 3.44. The molecule has 0 unspecified atom stereocenters. The fraction of sp³-hybridized carbons (Fsp3) is 0.444. The molecule has 1 aromatic carbocycles. The van der Waals surface area contributed by atoms with Gasteiger partial charge in [-0.1, -0.05) is 37.6 Å². The van der Waals surface area contributed by atoms with Crippen LogP contribution in [0.15, 0.2) is 36.7 Å². The summed E-state index contributed by atoms with van der Waals surface area (Å²) in [6, 6.07) is 8.88. The van der Waals surface area contributed by atoms with Crippen molar-refractivity contribution in [3.63, 3.8) is 0 Å². The molecule has 2 nitrogen and oxygen atoms in total. The van der Waals surface area contributed by atoms with E-state index >= 15 is 0 Å². The second kappa shape index (κ2) is 6.57. The number of halogens is 1. The van der Waals surface area contributed by atoms with Crippen LogP contribution >= 0.6 is 11.6 Å². The van der Waals surface area contributed by atoms with E-state index in [0.717, 1.165) is 23.0 Å². The molecule has 0 N–H and O–H groups in total.